The van der Waals surface area contributed by atoms with Crippen LogP contribution < -0.4 is 16.4 Å². The molecule has 88 valence electrons. The third-order valence-electron chi connectivity index (χ3n) is 2.22. The lowest BCUT2D eigenvalue weighted by atomic mass is 10.2. The largest absolute Gasteiger partial charge is 0.398 e. The molecule has 0 aliphatic carbocycles. The number of nitrogens with two attached hydrogens (primary N) is 1. The molecule has 0 aliphatic rings. The highest BCUT2D eigenvalue weighted by Gasteiger charge is 2.06. The topological polar surface area (TPSA) is 67.1 Å². The zero-order chi connectivity index (χ0) is 11.8. The van der Waals surface area contributed by atoms with Crippen molar-refractivity contribution in [3.05, 3.63) is 29.8 Å². The van der Waals surface area contributed by atoms with Crippen LogP contribution in [0.15, 0.2) is 24.3 Å². The average Bonchev–Trinajstić information content (AvgIpc) is 2.29. The molecule has 0 unspecified atom stereocenters. The average molecular weight is 221 g/mol. The van der Waals surface area contributed by atoms with E-state index in [4.69, 9.17) is 5.73 Å². The number of hydrogen-bond acceptors (Lipinski definition) is 3. The summed E-state index contributed by atoms with van der Waals surface area (Å²) < 4.78 is 0. The van der Waals surface area contributed by atoms with Crippen LogP contribution in [0.4, 0.5) is 5.69 Å². The fraction of sp³-hybridized carbons (Fsp3) is 0.417. The van der Waals surface area contributed by atoms with Gasteiger partial charge < -0.3 is 16.4 Å². The minimum atomic E-state index is -0.114. The number of carbonyl (C=O) groups excluding carboxylic acids is 1. The minimum absolute atomic E-state index is 0.114. The van der Waals surface area contributed by atoms with E-state index in [-0.39, 0.29) is 5.91 Å². The number of hydrogen-bond donors (Lipinski definition) is 3. The smallest absolute Gasteiger partial charge is 0.253 e. The molecule has 0 heterocycles. The van der Waals surface area contributed by atoms with Gasteiger partial charge in [0.2, 0.25) is 0 Å². The molecule has 1 aromatic carbocycles. The van der Waals surface area contributed by atoms with Gasteiger partial charge in [0.25, 0.3) is 5.91 Å². The third-order valence-corrected chi connectivity index (χ3v) is 2.22. The summed E-state index contributed by atoms with van der Waals surface area (Å²) in [7, 11) is 0. The molecule has 4 N–H and O–H groups in total. The molecule has 0 spiro atoms. The van der Waals surface area contributed by atoms with Crippen LogP contribution in [0.5, 0.6) is 0 Å². The Bertz CT molecular complexity index is 339. The quantitative estimate of drug-likeness (QED) is 0.496. The predicted octanol–water partition coefficient (Wildman–Crippen LogP) is 0.998. The van der Waals surface area contributed by atoms with E-state index >= 15 is 0 Å². The lowest BCUT2D eigenvalue weighted by Crippen LogP contribution is -2.32. The third kappa shape index (κ3) is 3.90. The fourth-order valence-corrected chi connectivity index (χ4v) is 1.37. The van der Waals surface area contributed by atoms with Gasteiger partial charge in [-0.15, -0.1) is 0 Å². The summed E-state index contributed by atoms with van der Waals surface area (Å²) in [5, 5.41) is 6.03. The fourth-order valence-electron chi connectivity index (χ4n) is 1.37. The maximum absolute atomic E-state index is 11.7. The van der Waals surface area contributed by atoms with Gasteiger partial charge in [0.15, 0.2) is 0 Å². The van der Waals surface area contributed by atoms with Crippen molar-refractivity contribution in [2.75, 3.05) is 25.4 Å². The molecule has 1 amide bonds. The van der Waals surface area contributed by atoms with Crippen molar-refractivity contribution in [1.82, 2.24) is 10.6 Å². The molecule has 0 aromatic heterocycles. The van der Waals surface area contributed by atoms with E-state index in [1.165, 1.54) is 0 Å². The Hall–Kier alpha value is -1.55. The number of nitrogen functional groups attached to an aromatic ring is 1. The zero-order valence-electron chi connectivity index (χ0n) is 9.62. The monoisotopic (exact) mass is 221 g/mol. The van der Waals surface area contributed by atoms with E-state index in [1.54, 1.807) is 18.2 Å². The molecule has 4 nitrogen and oxygen atoms in total. The second kappa shape index (κ2) is 6.85. The lowest BCUT2D eigenvalue weighted by Gasteiger charge is -2.07. The van der Waals surface area contributed by atoms with Gasteiger partial charge in [-0.2, -0.15) is 0 Å². The predicted molar refractivity (Wildman–Crippen MR) is 66.3 cm³/mol. The number of para-hydroxylation sites is 1. The number of carbonyl (C=O) groups is 1. The number of amides is 1. The van der Waals surface area contributed by atoms with Gasteiger partial charge in [-0.1, -0.05) is 19.1 Å². The summed E-state index contributed by atoms with van der Waals surface area (Å²) in [5.74, 6) is -0.114. The Balaban J connectivity index is 2.33. The SMILES string of the molecule is CCCNCCNC(=O)c1ccccc1N. The van der Waals surface area contributed by atoms with Crippen LogP contribution in [0.3, 0.4) is 0 Å². The van der Waals surface area contributed by atoms with Crippen molar-refractivity contribution in [1.29, 1.82) is 0 Å². The van der Waals surface area contributed by atoms with Crippen LogP contribution in [0.2, 0.25) is 0 Å². The van der Waals surface area contributed by atoms with E-state index in [2.05, 4.69) is 17.6 Å². The summed E-state index contributed by atoms with van der Waals surface area (Å²) in [4.78, 5) is 11.7. The highest BCUT2D eigenvalue weighted by molar-refractivity contribution is 5.99. The van der Waals surface area contributed by atoms with E-state index in [0.717, 1.165) is 19.5 Å². The van der Waals surface area contributed by atoms with Crippen LogP contribution in [0, 0.1) is 0 Å². The van der Waals surface area contributed by atoms with E-state index in [0.29, 0.717) is 17.8 Å². The normalized spacial score (nSPS) is 10.1. The van der Waals surface area contributed by atoms with E-state index < -0.39 is 0 Å². The molecular formula is C12H19N3O. The van der Waals surface area contributed by atoms with Crippen molar-refractivity contribution < 1.29 is 4.79 Å². The van der Waals surface area contributed by atoms with Gasteiger partial charge in [0.1, 0.15) is 0 Å². The molecule has 0 radical (unpaired) electrons. The summed E-state index contributed by atoms with van der Waals surface area (Å²) in [6, 6.07) is 7.07. The highest BCUT2D eigenvalue weighted by Crippen LogP contribution is 2.09. The number of anilines is 1. The number of nitrogens with one attached hydrogen (secondary N) is 2. The second-order valence-electron chi connectivity index (χ2n) is 3.59. The Morgan fingerprint density at radius 2 is 2.00 bits per heavy atom. The molecule has 4 heteroatoms. The maximum Gasteiger partial charge on any atom is 0.253 e. The molecule has 0 saturated carbocycles. The van der Waals surface area contributed by atoms with Crippen LogP contribution in [0.25, 0.3) is 0 Å². The van der Waals surface area contributed by atoms with Crippen LogP contribution in [0.1, 0.15) is 23.7 Å². The van der Waals surface area contributed by atoms with Crippen molar-refractivity contribution in [3.63, 3.8) is 0 Å². The second-order valence-corrected chi connectivity index (χ2v) is 3.59. The maximum atomic E-state index is 11.7. The zero-order valence-corrected chi connectivity index (χ0v) is 9.62. The molecule has 1 aromatic rings. The van der Waals surface area contributed by atoms with E-state index in [1.807, 2.05) is 6.07 Å². The number of rotatable bonds is 6. The van der Waals surface area contributed by atoms with Gasteiger partial charge >= 0.3 is 0 Å². The molecule has 16 heavy (non-hydrogen) atoms. The van der Waals surface area contributed by atoms with Gasteiger partial charge in [-0.25, -0.2) is 0 Å². The van der Waals surface area contributed by atoms with Gasteiger partial charge in [0.05, 0.1) is 5.56 Å². The Kier molecular flexibility index (Phi) is 5.36. The van der Waals surface area contributed by atoms with Crippen molar-refractivity contribution >= 4 is 11.6 Å². The van der Waals surface area contributed by atoms with Gasteiger partial charge in [0, 0.05) is 18.8 Å². The lowest BCUT2D eigenvalue weighted by molar-refractivity contribution is 0.0955. The van der Waals surface area contributed by atoms with Gasteiger partial charge in [-0.05, 0) is 25.1 Å². The molecule has 0 bridgehead atoms. The Morgan fingerprint density at radius 3 is 2.69 bits per heavy atom. The first-order chi connectivity index (χ1) is 7.75. The van der Waals surface area contributed by atoms with Crippen LogP contribution in [-0.2, 0) is 0 Å². The summed E-state index contributed by atoms with van der Waals surface area (Å²) in [6.45, 7) is 4.49. The molecule has 0 saturated heterocycles. The first-order valence-electron chi connectivity index (χ1n) is 5.59. The first-order valence-corrected chi connectivity index (χ1v) is 5.59. The highest BCUT2D eigenvalue weighted by atomic mass is 16.1. The summed E-state index contributed by atoms with van der Waals surface area (Å²) in [5.41, 5.74) is 6.75. The van der Waals surface area contributed by atoms with Crippen molar-refractivity contribution in [3.8, 4) is 0 Å². The molecule has 0 fully saturated rings. The molecule has 0 aliphatic heterocycles. The standard InChI is InChI=1S/C12H19N3O/c1-2-7-14-8-9-15-12(16)10-5-3-4-6-11(10)13/h3-6,14H,2,7-9,13H2,1H3,(H,15,16). The molecular weight excluding hydrogens is 202 g/mol. The van der Waals surface area contributed by atoms with Crippen molar-refractivity contribution in [2.45, 2.75) is 13.3 Å². The van der Waals surface area contributed by atoms with Gasteiger partial charge in [-0.3, -0.25) is 4.79 Å². The van der Waals surface area contributed by atoms with Crippen LogP contribution >= 0.6 is 0 Å². The molecule has 0 atom stereocenters. The Labute approximate surface area is 96.2 Å². The van der Waals surface area contributed by atoms with E-state index in [9.17, 15) is 4.79 Å². The van der Waals surface area contributed by atoms with Crippen LogP contribution in [-0.4, -0.2) is 25.5 Å². The molecule has 1 rings (SSSR count). The number of benzene rings is 1. The Morgan fingerprint density at radius 1 is 1.25 bits per heavy atom. The summed E-state index contributed by atoms with van der Waals surface area (Å²) >= 11 is 0. The first kappa shape index (κ1) is 12.5. The summed E-state index contributed by atoms with van der Waals surface area (Å²) in [6.07, 6.45) is 1.10. The van der Waals surface area contributed by atoms with Crippen molar-refractivity contribution in [2.24, 2.45) is 0 Å². The minimum Gasteiger partial charge on any atom is -0.398 e.